The minimum Gasteiger partial charge on any atom is -0.478 e. The number of carbonyl (C=O) groups is 2. The first-order chi connectivity index (χ1) is 18.8. The van der Waals surface area contributed by atoms with Gasteiger partial charge in [0.25, 0.3) is 0 Å². The Hall–Kier alpha value is -3.81. The summed E-state index contributed by atoms with van der Waals surface area (Å²) >= 11 is 12.3. The van der Waals surface area contributed by atoms with Gasteiger partial charge in [-0.3, -0.25) is 9.59 Å². The second-order valence-corrected chi connectivity index (χ2v) is 9.94. The van der Waals surface area contributed by atoms with Crippen LogP contribution in [0.25, 0.3) is 16.9 Å². The number of nitrogens with one attached hydrogen (secondary N) is 2. The maximum absolute atomic E-state index is 12.7. The molecule has 1 aromatic heterocycles. The van der Waals surface area contributed by atoms with Crippen LogP contribution in [0.3, 0.4) is 0 Å². The lowest BCUT2D eigenvalue weighted by Gasteiger charge is -2.18. The van der Waals surface area contributed by atoms with Gasteiger partial charge in [0.1, 0.15) is 6.04 Å². The Kier molecular flexibility index (Phi) is 9.63. The van der Waals surface area contributed by atoms with Gasteiger partial charge in [-0.15, -0.1) is 0 Å². The van der Waals surface area contributed by atoms with Crippen molar-refractivity contribution in [3.8, 4) is 22.8 Å². The summed E-state index contributed by atoms with van der Waals surface area (Å²) in [5.74, 6) is 0.0539. The van der Waals surface area contributed by atoms with Crippen LogP contribution in [0.5, 0.6) is 5.88 Å². The number of hydrogen-bond acceptors (Lipinski definition) is 4. The molecule has 202 valence electrons. The van der Waals surface area contributed by atoms with Crippen molar-refractivity contribution in [1.29, 1.82) is 0 Å². The third kappa shape index (κ3) is 7.62. The molecule has 3 aromatic carbocycles. The van der Waals surface area contributed by atoms with Crippen LogP contribution >= 0.6 is 23.2 Å². The summed E-state index contributed by atoms with van der Waals surface area (Å²) < 4.78 is 7.72. The van der Waals surface area contributed by atoms with Gasteiger partial charge in [0.2, 0.25) is 17.7 Å². The highest BCUT2D eigenvalue weighted by Crippen LogP contribution is 2.30. The normalized spacial score (nSPS) is 11.6. The lowest BCUT2D eigenvalue weighted by Crippen LogP contribution is -2.47. The van der Waals surface area contributed by atoms with E-state index in [0.717, 1.165) is 22.4 Å². The fourth-order valence-corrected chi connectivity index (χ4v) is 4.45. The number of ether oxygens (including phenoxy) is 1. The third-order valence-corrected chi connectivity index (χ3v) is 6.85. The van der Waals surface area contributed by atoms with Crippen molar-refractivity contribution in [3.63, 3.8) is 0 Å². The first kappa shape index (κ1) is 28.2. The molecule has 0 spiro atoms. The topological polar surface area (TPSA) is 85.2 Å². The van der Waals surface area contributed by atoms with Gasteiger partial charge in [-0.05, 0) is 37.1 Å². The first-order valence-electron chi connectivity index (χ1n) is 12.6. The van der Waals surface area contributed by atoms with Crippen LogP contribution < -0.4 is 15.4 Å². The van der Waals surface area contributed by atoms with Gasteiger partial charge in [0.15, 0.2) is 0 Å². The van der Waals surface area contributed by atoms with E-state index < -0.39 is 6.04 Å². The molecule has 39 heavy (non-hydrogen) atoms. The molecular weight excluding hydrogens is 535 g/mol. The van der Waals surface area contributed by atoms with Crippen molar-refractivity contribution in [2.24, 2.45) is 0 Å². The summed E-state index contributed by atoms with van der Waals surface area (Å²) in [6.45, 7) is 2.27. The van der Waals surface area contributed by atoms with Gasteiger partial charge in [-0.2, -0.15) is 5.10 Å². The highest BCUT2D eigenvalue weighted by atomic mass is 35.5. The van der Waals surface area contributed by atoms with E-state index in [0.29, 0.717) is 34.5 Å². The number of hydrogen-bond donors (Lipinski definition) is 2. The molecule has 7 nitrogen and oxygen atoms in total. The molecule has 0 radical (unpaired) electrons. The van der Waals surface area contributed by atoms with E-state index in [-0.39, 0.29) is 24.8 Å². The Balaban J connectivity index is 1.40. The summed E-state index contributed by atoms with van der Waals surface area (Å²) in [5, 5.41) is 11.1. The SMILES string of the molecule is CNC(=O)[C@H](Cc1cccc(C)c1)NC(=O)CCCOc1cc(-c2ccccc2)nn1-c1ccc(Cl)c(Cl)c1. The fraction of sp³-hybridized carbons (Fsp3) is 0.233. The smallest absolute Gasteiger partial charge is 0.242 e. The summed E-state index contributed by atoms with van der Waals surface area (Å²) in [6, 6.07) is 24.1. The van der Waals surface area contributed by atoms with Gasteiger partial charge < -0.3 is 15.4 Å². The summed E-state index contributed by atoms with van der Waals surface area (Å²) in [7, 11) is 1.56. The molecule has 0 saturated carbocycles. The number of amides is 2. The summed E-state index contributed by atoms with van der Waals surface area (Å²) in [5.41, 5.74) is 4.46. The molecule has 9 heteroatoms. The fourth-order valence-electron chi connectivity index (χ4n) is 4.15. The van der Waals surface area contributed by atoms with E-state index in [1.54, 1.807) is 23.9 Å². The van der Waals surface area contributed by atoms with Crippen molar-refractivity contribution in [1.82, 2.24) is 20.4 Å². The van der Waals surface area contributed by atoms with Gasteiger partial charge in [-0.1, -0.05) is 83.4 Å². The van der Waals surface area contributed by atoms with Crippen LogP contribution in [0.15, 0.2) is 78.9 Å². The highest BCUT2D eigenvalue weighted by Gasteiger charge is 2.20. The molecule has 2 amide bonds. The Labute approximate surface area is 238 Å². The second-order valence-electron chi connectivity index (χ2n) is 9.12. The molecule has 0 unspecified atom stereocenters. The molecule has 4 rings (SSSR count). The van der Waals surface area contributed by atoms with E-state index in [2.05, 4.69) is 10.6 Å². The Bertz CT molecular complexity index is 1440. The van der Waals surface area contributed by atoms with E-state index in [1.165, 1.54) is 0 Å². The summed E-state index contributed by atoms with van der Waals surface area (Å²) in [4.78, 5) is 25.1. The second kappa shape index (κ2) is 13.3. The number of rotatable bonds is 11. The van der Waals surface area contributed by atoms with Crippen LogP contribution in [0.4, 0.5) is 0 Å². The monoisotopic (exact) mass is 564 g/mol. The number of carbonyl (C=O) groups excluding carboxylic acids is 2. The standard InChI is InChI=1S/C30H30Cl2N4O3/c1-20-8-6-9-21(16-20)17-27(30(38)33-2)34-28(37)12-7-15-39-29-19-26(22-10-4-3-5-11-22)35-36(29)23-13-14-24(31)25(32)18-23/h3-6,8-11,13-14,16,18-19,27H,7,12,15,17H2,1-2H3,(H,33,38)(H,34,37)/t27-/m0/s1. The third-order valence-electron chi connectivity index (χ3n) is 6.11. The van der Waals surface area contributed by atoms with Crippen LogP contribution in [0.2, 0.25) is 10.0 Å². The molecule has 0 aliphatic carbocycles. The highest BCUT2D eigenvalue weighted by molar-refractivity contribution is 6.42. The number of nitrogens with zero attached hydrogens (tertiary/aromatic N) is 2. The Morgan fingerprint density at radius 3 is 2.49 bits per heavy atom. The van der Waals surface area contributed by atoms with Crippen LogP contribution in [-0.4, -0.2) is 41.3 Å². The van der Waals surface area contributed by atoms with Crippen molar-refractivity contribution in [3.05, 3.63) is 100 Å². The van der Waals surface area contributed by atoms with Crippen molar-refractivity contribution < 1.29 is 14.3 Å². The number of benzene rings is 3. The zero-order chi connectivity index (χ0) is 27.8. The number of likely N-dealkylation sites (N-methyl/N-ethyl adjacent to an activating group) is 1. The molecule has 2 N–H and O–H groups in total. The van der Waals surface area contributed by atoms with Crippen LogP contribution in [0.1, 0.15) is 24.0 Å². The zero-order valence-corrected chi connectivity index (χ0v) is 23.3. The quantitative estimate of drug-likeness (QED) is 0.226. The number of aromatic nitrogens is 2. The van der Waals surface area contributed by atoms with E-state index in [9.17, 15) is 9.59 Å². The predicted octanol–water partition coefficient (Wildman–Crippen LogP) is 5.79. The molecule has 0 saturated heterocycles. The number of halogens is 2. The molecule has 0 aliphatic heterocycles. The van der Waals surface area contributed by atoms with Gasteiger partial charge in [-0.25, -0.2) is 4.68 Å². The largest absolute Gasteiger partial charge is 0.478 e. The van der Waals surface area contributed by atoms with Crippen LogP contribution in [0, 0.1) is 6.92 Å². The van der Waals surface area contributed by atoms with Crippen molar-refractivity contribution >= 4 is 35.0 Å². The molecule has 1 heterocycles. The Morgan fingerprint density at radius 2 is 1.77 bits per heavy atom. The lowest BCUT2D eigenvalue weighted by atomic mass is 10.0. The maximum Gasteiger partial charge on any atom is 0.242 e. The van der Waals surface area contributed by atoms with Gasteiger partial charge >= 0.3 is 0 Å². The minimum atomic E-state index is -0.658. The summed E-state index contributed by atoms with van der Waals surface area (Å²) in [6.07, 6.45) is 1.06. The molecule has 0 aliphatic rings. The van der Waals surface area contributed by atoms with Gasteiger partial charge in [0, 0.05) is 31.5 Å². The lowest BCUT2D eigenvalue weighted by molar-refractivity contribution is -0.128. The average molecular weight is 566 g/mol. The Morgan fingerprint density at radius 1 is 0.974 bits per heavy atom. The molecular formula is C30H30Cl2N4O3. The maximum atomic E-state index is 12.7. The van der Waals surface area contributed by atoms with Gasteiger partial charge in [0.05, 0.1) is 28.0 Å². The molecule has 4 aromatic rings. The van der Waals surface area contributed by atoms with E-state index in [4.69, 9.17) is 33.0 Å². The minimum absolute atomic E-state index is 0.202. The zero-order valence-electron chi connectivity index (χ0n) is 21.8. The first-order valence-corrected chi connectivity index (χ1v) is 13.4. The van der Waals surface area contributed by atoms with E-state index >= 15 is 0 Å². The number of aryl methyl sites for hydroxylation is 1. The predicted molar refractivity (Wildman–Crippen MR) is 155 cm³/mol. The molecule has 0 bridgehead atoms. The average Bonchev–Trinajstić information content (AvgIpc) is 3.36. The molecule has 0 fully saturated rings. The van der Waals surface area contributed by atoms with Crippen molar-refractivity contribution in [2.45, 2.75) is 32.2 Å². The van der Waals surface area contributed by atoms with Crippen molar-refractivity contribution in [2.75, 3.05) is 13.7 Å². The van der Waals surface area contributed by atoms with Crippen LogP contribution in [-0.2, 0) is 16.0 Å². The molecule has 1 atom stereocenters. The van der Waals surface area contributed by atoms with E-state index in [1.807, 2.05) is 73.7 Å².